The highest BCUT2D eigenvalue weighted by Gasteiger charge is 2.06. The SMILES string of the molecule is CC(=O)CCOCCOCCOCCOCCOCCOCCOCCOCCCC(=O)CCOCCOCCOCCOCCOCCOCCOCCOCCNC(=O)Cc1ccc2ccccc2c1. The van der Waals surface area contributed by atoms with Crippen molar-refractivity contribution < 1.29 is 90.2 Å². The van der Waals surface area contributed by atoms with Crippen LogP contribution in [0, 0.1) is 0 Å². The number of rotatable bonds is 57. The first-order valence-electron chi connectivity index (χ1n) is 25.5. The van der Waals surface area contributed by atoms with E-state index in [1.54, 1.807) is 6.92 Å². The highest BCUT2D eigenvalue weighted by atomic mass is 16.6. The van der Waals surface area contributed by atoms with Gasteiger partial charge in [-0.25, -0.2) is 0 Å². The van der Waals surface area contributed by atoms with Crippen molar-refractivity contribution in [3.05, 3.63) is 48.0 Å². The summed E-state index contributed by atoms with van der Waals surface area (Å²) in [5.74, 6) is 0.237. The fourth-order valence-corrected chi connectivity index (χ4v) is 6.04. The number of benzene rings is 2. The van der Waals surface area contributed by atoms with Crippen LogP contribution in [-0.4, -0.2) is 235 Å². The predicted molar refractivity (Wildman–Crippen MR) is 268 cm³/mol. The van der Waals surface area contributed by atoms with Crippen molar-refractivity contribution in [3.63, 3.8) is 0 Å². The van der Waals surface area contributed by atoms with Crippen LogP contribution in [0.25, 0.3) is 10.8 Å². The van der Waals surface area contributed by atoms with E-state index in [2.05, 4.69) is 11.4 Å². The lowest BCUT2D eigenvalue weighted by Gasteiger charge is -2.09. The Kier molecular flexibility index (Phi) is 46.4. The normalized spacial score (nSPS) is 11.5. The van der Waals surface area contributed by atoms with Gasteiger partial charge < -0.3 is 81.1 Å². The van der Waals surface area contributed by atoms with Crippen molar-refractivity contribution in [2.24, 2.45) is 0 Å². The third kappa shape index (κ3) is 44.4. The second-order valence-corrected chi connectivity index (χ2v) is 15.9. The van der Waals surface area contributed by atoms with Crippen LogP contribution in [0.1, 0.15) is 38.2 Å². The summed E-state index contributed by atoms with van der Waals surface area (Å²) in [4.78, 5) is 35.1. The Bertz CT molecular complexity index is 1540. The molecule has 0 atom stereocenters. The summed E-state index contributed by atoms with van der Waals surface area (Å²) >= 11 is 0. The summed E-state index contributed by atoms with van der Waals surface area (Å²) in [5.41, 5.74) is 0.985. The molecule has 0 unspecified atom stereocenters. The van der Waals surface area contributed by atoms with E-state index in [0.717, 1.165) is 16.3 Å². The highest BCUT2D eigenvalue weighted by Crippen LogP contribution is 2.16. The lowest BCUT2D eigenvalue weighted by Crippen LogP contribution is -2.29. The van der Waals surface area contributed by atoms with Gasteiger partial charge in [-0.15, -0.1) is 0 Å². The van der Waals surface area contributed by atoms with E-state index in [4.69, 9.17) is 75.8 Å². The summed E-state index contributed by atoms with van der Waals surface area (Å²) in [6, 6.07) is 14.2. The molecule has 20 nitrogen and oxygen atoms in total. The molecule has 0 saturated heterocycles. The van der Waals surface area contributed by atoms with Crippen LogP contribution >= 0.6 is 0 Å². The van der Waals surface area contributed by atoms with Crippen LogP contribution in [0.3, 0.4) is 0 Å². The average molecular weight is 1030 g/mol. The molecule has 2 rings (SSSR count). The minimum atomic E-state index is -0.0271. The van der Waals surface area contributed by atoms with Crippen LogP contribution < -0.4 is 5.32 Å². The molecule has 0 aliphatic rings. The molecule has 0 radical (unpaired) electrons. The molecule has 0 spiro atoms. The summed E-state index contributed by atoms with van der Waals surface area (Å²) < 4.78 is 87.7. The van der Waals surface area contributed by atoms with Crippen LogP contribution in [0.15, 0.2) is 42.5 Å². The van der Waals surface area contributed by atoms with Crippen LogP contribution in [0.5, 0.6) is 0 Å². The van der Waals surface area contributed by atoms with Gasteiger partial charge in [0.05, 0.1) is 211 Å². The second-order valence-electron chi connectivity index (χ2n) is 15.9. The van der Waals surface area contributed by atoms with Gasteiger partial charge in [0.2, 0.25) is 5.91 Å². The molecular formula is C52H87NO19. The van der Waals surface area contributed by atoms with Gasteiger partial charge in [0.1, 0.15) is 11.6 Å². The number of hydrogen-bond acceptors (Lipinski definition) is 19. The van der Waals surface area contributed by atoms with Crippen molar-refractivity contribution in [2.45, 2.75) is 39.0 Å². The highest BCUT2D eigenvalue weighted by molar-refractivity contribution is 5.85. The van der Waals surface area contributed by atoms with Crippen molar-refractivity contribution in [1.29, 1.82) is 0 Å². The second kappa shape index (κ2) is 51.4. The molecule has 2 aromatic rings. The van der Waals surface area contributed by atoms with Gasteiger partial charge in [-0.05, 0) is 29.7 Å². The molecule has 20 heteroatoms. The van der Waals surface area contributed by atoms with Crippen LogP contribution in [0.4, 0.5) is 0 Å². The number of ether oxygens (including phenoxy) is 16. The molecule has 2 aromatic carbocycles. The Morgan fingerprint density at radius 1 is 0.347 bits per heavy atom. The maximum Gasteiger partial charge on any atom is 0.224 e. The van der Waals surface area contributed by atoms with Gasteiger partial charge in [-0.1, -0.05) is 42.5 Å². The summed E-state index contributed by atoms with van der Waals surface area (Å²) in [6.45, 7) is 16.8. The van der Waals surface area contributed by atoms with Crippen LogP contribution in [0.2, 0.25) is 0 Å². The molecule has 1 amide bonds. The van der Waals surface area contributed by atoms with Gasteiger partial charge in [0.25, 0.3) is 0 Å². The van der Waals surface area contributed by atoms with E-state index in [0.29, 0.717) is 250 Å². The number of amides is 1. The zero-order valence-electron chi connectivity index (χ0n) is 43.2. The number of hydrogen-bond donors (Lipinski definition) is 1. The summed E-state index contributed by atoms with van der Waals surface area (Å²) in [5, 5.41) is 5.18. The molecule has 1 N–H and O–H groups in total. The van der Waals surface area contributed by atoms with E-state index in [-0.39, 0.29) is 17.5 Å². The molecule has 0 heterocycles. The van der Waals surface area contributed by atoms with Crippen molar-refractivity contribution in [3.8, 4) is 0 Å². The van der Waals surface area contributed by atoms with E-state index in [9.17, 15) is 14.4 Å². The zero-order valence-corrected chi connectivity index (χ0v) is 43.2. The van der Waals surface area contributed by atoms with E-state index < -0.39 is 0 Å². The third-order valence-corrected chi connectivity index (χ3v) is 9.82. The molecule has 0 aromatic heterocycles. The Hall–Kier alpha value is -3.13. The number of carbonyl (C=O) groups excluding carboxylic acids is 3. The Morgan fingerprint density at radius 2 is 0.667 bits per heavy atom. The monoisotopic (exact) mass is 1030 g/mol. The predicted octanol–water partition coefficient (Wildman–Crippen LogP) is 3.48. The molecule has 0 fully saturated rings. The van der Waals surface area contributed by atoms with Crippen LogP contribution in [-0.2, 0) is 96.6 Å². The average Bonchev–Trinajstić information content (AvgIpc) is 3.38. The molecular weight excluding hydrogens is 943 g/mol. The molecule has 0 aliphatic carbocycles. The zero-order chi connectivity index (χ0) is 51.3. The molecule has 0 saturated carbocycles. The number of nitrogens with one attached hydrogen (secondary N) is 1. The molecule has 414 valence electrons. The van der Waals surface area contributed by atoms with Gasteiger partial charge >= 0.3 is 0 Å². The number of carbonyl (C=O) groups is 3. The third-order valence-electron chi connectivity index (χ3n) is 9.82. The lowest BCUT2D eigenvalue weighted by molar-refractivity contribution is -0.121. The number of ketones is 2. The fraction of sp³-hybridized carbons (Fsp3) is 0.750. The first kappa shape index (κ1) is 65.0. The molecule has 72 heavy (non-hydrogen) atoms. The molecule has 0 bridgehead atoms. The van der Waals surface area contributed by atoms with Crippen molar-refractivity contribution in [2.75, 3.05) is 218 Å². The van der Waals surface area contributed by atoms with Gasteiger partial charge in [-0.3, -0.25) is 14.4 Å². The summed E-state index contributed by atoms with van der Waals surface area (Å²) in [6.07, 6.45) is 2.26. The molecule has 0 aliphatic heterocycles. The minimum absolute atomic E-state index is 0.0271. The Labute approximate surface area is 427 Å². The number of fused-ring (bicyclic) bond motifs is 1. The minimum Gasteiger partial charge on any atom is -0.379 e. The first-order chi connectivity index (χ1) is 35.5. The Balaban J connectivity index is 1.14. The maximum absolute atomic E-state index is 12.2. The quantitative estimate of drug-likeness (QED) is 0.0940. The van der Waals surface area contributed by atoms with Gasteiger partial charge in [-0.2, -0.15) is 0 Å². The van der Waals surface area contributed by atoms with Crippen molar-refractivity contribution in [1.82, 2.24) is 5.32 Å². The van der Waals surface area contributed by atoms with E-state index in [1.807, 2.05) is 36.4 Å². The fourth-order valence-electron chi connectivity index (χ4n) is 6.04. The number of Topliss-reactive ketones (excluding diaryl/α,β-unsaturated/α-hetero) is 2. The Morgan fingerprint density at radius 3 is 1.04 bits per heavy atom. The first-order valence-corrected chi connectivity index (χ1v) is 25.5. The van der Waals surface area contributed by atoms with E-state index >= 15 is 0 Å². The topological polar surface area (TPSA) is 211 Å². The van der Waals surface area contributed by atoms with Crippen molar-refractivity contribution >= 4 is 28.2 Å². The standard InChI is InChI=1S/C52H87NO19/c1-47(54)10-14-58-18-22-62-26-30-66-34-38-70-42-41-69-37-33-65-29-25-61-21-17-57-13-4-7-51(55)11-15-59-19-23-63-27-31-67-35-39-71-43-44-72-40-36-68-32-28-64-24-20-60-16-12-53-52(56)46-48-8-9-49-5-2-3-6-50(49)45-48/h2-3,5-6,8-9,45H,4,7,10-44,46H2,1H3,(H,53,56). The lowest BCUT2D eigenvalue weighted by atomic mass is 10.1. The summed E-state index contributed by atoms with van der Waals surface area (Å²) in [7, 11) is 0. The smallest absolute Gasteiger partial charge is 0.224 e. The van der Waals surface area contributed by atoms with Gasteiger partial charge in [0, 0.05) is 32.4 Å². The van der Waals surface area contributed by atoms with Gasteiger partial charge in [0.15, 0.2) is 0 Å². The maximum atomic E-state index is 12.2. The largest absolute Gasteiger partial charge is 0.379 e. The van der Waals surface area contributed by atoms with E-state index in [1.165, 1.54) is 0 Å².